The molecule has 0 bridgehead atoms. The first kappa shape index (κ1) is 19.2. The predicted molar refractivity (Wildman–Crippen MR) is 84.7 cm³/mol. The van der Waals surface area contributed by atoms with Crippen molar-refractivity contribution in [3.8, 4) is 5.75 Å². The first-order chi connectivity index (χ1) is 11.0. The molecule has 1 rings (SSSR count). The fraction of sp³-hybridized carbons (Fsp3) is 0.471. The van der Waals surface area contributed by atoms with E-state index < -0.39 is 24.8 Å². The molecule has 0 aliphatic carbocycles. The second kappa shape index (κ2) is 10.8. The normalized spacial score (nSPS) is 14.6. The van der Waals surface area contributed by atoms with E-state index in [1.165, 1.54) is 0 Å². The van der Waals surface area contributed by atoms with Crippen LogP contribution in [0.4, 0.5) is 0 Å². The lowest BCUT2D eigenvalue weighted by atomic mass is 10.3. The van der Waals surface area contributed by atoms with Crippen molar-refractivity contribution in [3.63, 3.8) is 0 Å². The highest BCUT2D eigenvalue weighted by atomic mass is 16.8. The number of benzene rings is 1. The van der Waals surface area contributed by atoms with Gasteiger partial charge < -0.3 is 23.7 Å². The van der Waals surface area contributed by atoms with Gasteiger partial charge in [0, 0.05) is 6.08 Å². The Kier molecular flexibility index (Phi) is 8.97. The van der Waals surface area contributed by atoms with Crippen LogP contribution in [0.2, 0.25) is 0 Å². The van der Waals surface area contributed by atoms with Gasteiger partial charge in [-0.05, 0) is 32.9 Å². The number of ether oxygens (including phenoxy) is 5. The van der Waals surface area contributed by atoms with E-state index in [1.807, 2.05) is 30.3 Å². The fourth-order valence-corrected chi connectivity index (χ4v) is 1.74. The molecule has 128 valence electrons. The van der Waals surface area contributed by atoms with Gasteiger partial charge in [-0.25, -0.2) is 4.79 Å². The quantitative estimate of drug-likeness (QED) is 0.270. The molecule has 0 aromatic heterocycles. The minimum absolute atomic E-state index is 0.379. The zero-order valence-corrected chi connectivity index (χ0v) is 13.8. The molecule has 23 heavy (non-hydrogen) atoms. The highest BCUT2D eigenvalue weighted by Crippen LogP contribution is 2.09. The number of esters is 1. The van der Waals surface area contributed by atoms with Crippen molar-refractivity contribution in [3.05, 3.63) is 43.0 Å². The topological polar surface area (TPSA) is 63.2 Å². The molecule has 6 heteroatoms. The van der Waals surface area contributed by atoms with Gasteiger partial charge in [0.1, 0.15) is 12.4 Å². The van der Waals surface area contributed by atoms with Crippen molar-refractivity contribution >= 4 is 5.97 Å². The fourth-order valence-electron chi connectivity index (χ4n) is 1.74. The van der Waals surface area contributed by atoms with E-state index in [4.69, 9.17) is 23.7 Å². The highest BCUT2D eigenvalue weighted by Gasteiger charge is 2.14. The van der Waals surface area contributed by atoms with E-state index in [-0.39, 0.29) is 0 Å². The lowest BCUT2D eigenvalue weighted by Crippen LogP contribution is -2.28. The van der Waals surface area contributed by atoms with Gasteiger partial charge in [-0.1, -0.05) is 24.8 Å². The van der Waals surface area contributed by atoms with Crippen LogP contribution < -0.4 is 4.74 Å². The van der Waals surface area contributed by atoms with Crippen LogP contribution in [0.15, 0.2) is 43.0 Å². The minimum Gasteiger partial charge on any atom is -0.491 e. The maximum absolute atomic E-state index is 11.0. The van der Waals surface area contributed by atoms with E-state index in [0.717, 1.165) is 11.8 Å². The Morgan fingerprint density at radius 1 is 1.04 bits per heavy atom. The van der Waals surface area contributed by atoms with Crippen molar-refractivity contribution in [1.29, 1.82) is 0 Å². The Hall–Kier alpha value is -1.89. The summed E-state index contributed by atoms with van der Waals surface area (Å²) in [5, 5.41) is 0. The summed E-state index contributed by atoms with van der Waals surface area (Å²) < 4.78 is 26.7. The number of hydrogen-bond acceptors (Lipinski definition) is 6. The van der Waals surface area contributed by atoms with Crippen LogP contribution in [0.5, 0.6) is 5.75 Å². The molecule has 0 spiro atoms. The summed E-state index contributed by atoms with van der Waals surface area (Å²) in [7, 11) is 0. The average Bonchev–Trinajstić information content (AvgIpc) is 2.52. The van der Waals surface area contributed by atoms with Gasteiger partial charge in [0.2, 0.25) is 6.29 Å². The van der Waals surface area contributed by atoms with Crippen LogP contribution in [0, 0.1) is 0 Å². The Morgan fingerprint density at radius 2 is 1.70 bits per heavy atom. The van der Waals surface area contributed by atoms with Crippen LogP contribution in [-0.4, -0.2) is 38.1 Å². The third-order valence-electron chi connectivity index (χ3n) is 2.66. The van der Waals surface area contributed by atoms with Gasteiger partial charge in [-0.2, -0.15) is 0 Å². The van der Waals surface area contributed by atoms with E-state index in [0.29, 0.717) is 13.2 Å². The average molecular weight is 324 g/mol. The molecule has 0 saturated heterocycles. The molecule has 0 amide bonds. The molecule has 0 aliphatic heterocycles. The van der Waals surface area contributed by atoms with Crippen molar-refractivity contribution < 1.29 is 28.5 Å². The number of rotatable bonds is 11. The second-order valence-electron chi connectivity index (χ2n) is 4.65. The standard InChI is InChI=1S/C17H24O6/c1-5-17(18)23-15(4)22-14(3)21-13(2)19-11-12-20-16-9-7-6-8-10-16/h5-10,13-15H,1,11-12H2,2-4H3. The summed E-state index contributed by atoms with van der Waals surface area (Å²) in [5.74, 6) is 0.242. The molecule has 0 fully saturated rings. The molecule has 0 saturated carbocycles. The third-order valence-corrected chi connectivity index (χ3v) is 2.66. The molecular weight excluding hydrogens is 300 g/mol. The third kappa shape index (κ3) is 8.97. The maximum atomic E-state index is 11.0. The summed E-state index contributed by atoms with van der Waals surface area (Å²) in [6, 6.07) is 9.49. The summed E-state index contributed by atoms with van der Waals surface area (Å²) in [6.07, 6.45) is -0.729. The van der Waals surface area contributed by atoms with E-state index in [1.54, 1.807) is 20.8 Å². The Morgan fingerprint density at radius 3 is 2.35 bits per heavy atom. The molecule has 6 nitrogen and oxygen atoms in total. The van der Waals surface area contributed by atoms with Crippen LogP contribution in [0.1, 0.15) is 20.8 Å². The summed E-state index contributed by atoms with van der Waals surface area (Å²) >= 11 is 0. The van der Waals surface area contributed by atoms with Gasteiger partial charge in [-0.15, -0.1) is 0 Å². The maximum Gasteiger partial charge on any atom is 0.332 e. The number of carbonyl (C=O) groups is 1. The molecule has 0 N–H and O–H groups in total. The van der Waals surface area contributed by atoms with Crippen molar-refractivity contribution in [1.82, 2.24) is 0 Å². The van der Waals surface area contributed by atoms with Crippen molar-refractivity contribution in [2.45, 2.75) is 39.6 Å². The summed E-state index contributed by atoms with van der Waals surface area (Å²) in [5.41, 5.74) is 0. The smallest absolute Gasteiger partial charge is 0.332 e. The molecule has 1 aromatic carbocycles. The van der Waals surface area contributed by atoms with Gasteiger partial charge in [0.15, 0.2) is 12.6 Å². The predicted octanol–water partition coefficient (Wildman–Crippen LogP) is 2.88. The number of hydrogen-bond donors (Lipinski definition) is 0. The molecule has 0 aliphatic rings. The second-order valence-corrected chi connectivity index (χ2v) is 4.65. The van der Waals surface area contributed by atoms with Gasteiger partial charge in [0.25, 0.3) is 0 Å². The first-order valence-electron chi connectivity index (χ1n) is 7.44. The molecule has 3 unspecified atom stereocenters. The minimum atomic E-state index is -0.732. The monoisotopic (exact) mass is 324 g/mol. The van der Waals surface area contributed by atoms with E-state index in [9.17, 15) is 4.79 Å². The van der Waals surface area contributed by atoms with Crippen LogP contribution in [0.3, 0.4) is 0 Å². The zero-order chi connectivity index (χ0) is 17.1. The van der Waals surface area contributed by atoms with Crippen LogP contribution >= 0.6 is 0 Å². The molecule has 1 aromatic rings. The first-order valence-corrected chi connectivity index (χ1v) is 7.44. The van der Waals surface area contributed by atoms with Crippen molar-refractivity contribution in [2.24, 2.45) is 0 Å². The van der Waals surface area contributed by atoms with Gasteiger partial charge >= 0.3 is 5.97 Å². The number of para-hydroxylation sites is 1. The lowest BCUT2D eigenvalue weighted by molar-refractivity contribution is -0.274. The Labute approximate surface area is 136 Å². The van der Waals surface area contributed by atoms with E-state index in [2.05, 4.69) is 6.58 Å². The Bertz CT molecular complexity index is 461. The van der Waals surface area contributed by atoms with Crippen LogP contribution in [-0.2, 0) is 23.7 Å². The molecule has 3 atom stereocenters. The molecule has 0 radical (unpaired) electrons. The van der Waals surface area contributed by atoms with Crippen molar-refractivity contribution in [2.75, 3.05) is 13.2 Å². The zero-order valence-electron chi connectivity index (χ0n) is 13.8. The lowest BCUT2D eigenvalue weighted by Gasteiger charge is -2.22. The number of carbonyl (C=O) groups excluding carboxylic acids is 1. The SMILES string of the molecule is C=CC(=O)OC(C)OC(C)OC(C)OCCOc1ccccc1. The summed E-state index contributed by atoms with van der Waals surface area (Å²) in [6.45, 7) is 9.15. The van der Waals surface area contributed by atoms with Gasteiger partial charge in [-0.3, -0.25) is 0 Å². The highest BCUT2D eigenvalue weighted by molar-refractivity contribution is 5.81. The molecular formula is C17H24O6. The molecule has 0 heterocycles. The van der Waals surface area contributed by atoms with E-state index >= 15 is 0 Å². The van der Waals surface area contributed by atoms with Gasteiger partial charge in [0.05, 0.1) is 6.61 Å². The largest absolute Gasteiger partial charge is 0.491 e. The summed E-state index contributed by atoms with van der Waals surface area (Å²) in [4.78, 5) is 11.0. The Balaban J connectivity index is 2.13. The van der Waals surface area contributed by atoms with Crippen LogP contribution in [0.25, 0.3) is 0 Å².